The maximum atomic E-state index is 10.6. The summed E-state index contributed by atoms with van der Waals surface area (Å²) in [5.74, 6) is 1.79. The fourth-order valence-corrected chi connectivity index (χ4v) is 4.03. The molecule has 1 saturated carbocycles. The van der Waals surface area contributed by atoms with Crippen LogP contribution < -0.4 is 0 Å². The van der Waals surface area contributed by atoms with Crippen LogP contribution in [0.4, 0.5) is 0 Å². The van der Waals surface area contributed by atoms with Crippen molar-refractivity contribution in [2.45, 2.75) is 51.7 Å². The van der Waals surface area contributed by atoms with Gasteiger partial charge < -0.3 is 5.11 Å². The van der Waals surface area contributed by atoms with Crippen LogP contribution in [-0.2, 0) is 6.42 Å². The van der Waals surface area contributed by atoms with Crippen molar-refractivity contribution in [3.63, 3.8) is 0 Å². The molecule has 0 radical (unpaired) electrons. The van der Waals surface area contributed by atoms with E-state index in [4.69, 9.17) is 0 Å². The number of hydrogen-bond acceptors (Lipinski definition) is 2. The van der Waals surface area contributed by atoms with Crippen LogP contribution >= 0.6 is 0 Å². The standard InChI is InChI=1S/C18H27NO/c1-3-14-7-9-15(10-8-14)18(20)13(2)19-11-16-5-4-6-17(16)12-19/h7-10,13,16-18,20H,3-6,11-12H2,1-2H3. The van der Waals surface area contributed by atoms with E-state index in [0.717, 1.165) is 23.8 Å². The van der Waals surface area contributed by atoms with Crippen LogP contribution in [0.15, 0.2) is 24.3 Å². The number of aliphatic hydroxyl groups excluding tert-OH is 1. The minimum absolute atomic E-state index is 0.230. The highest BCUT2D eigenvalue weighted by atomic mass is 16.3. The molecular formula is C18H27NO. The van der Waals surface area contributed by atoms with Crippen LogP contribution in [-0.4, -0.2) is 29.1 Å². The van der Waals surface area contributed by atoms with Gasteiger partial charge in [-0.2, -0.15) is 0 Å². The molecule has 0 spiro atoms. The molecule has 1 N–H and O–H groups in total. The van der Waals surface area contributed by atoms with Crippen molar-refractivity contribution < 1.29 is 5.11 Å². The third-order valence-corrected chi connectivity index (χ3v) is 5.52. The minimum atomic E-state index is -0.361. The smallest absolute Gasteiger partial charge is 0.0942 e. The second-order valence-corrected chi connectivity index (χ2v) is 6.69. The molecule has 1 aliphatic carbocycles. The summed E-state index contributed by atoms with van der Waals surface area (Å²) in [6.07, 6.45) is 4.91. The second kappa shape index (κ2) is 5.87. The quantitative estimate of drug-likeness (QED) is 0.909. The van der Waals surface area contributed by atoms with E-state index in [-0.39, 0.29) is 12.1 Å². The Hall–Kier alpha value is -0.860. The summed E-state index contributed by atoms with van der Waals surface area (Å²) in [6, 6.07) is 8.70. The summed E-state index contributed by atoms with van der Waals surface area (Å²) in [4.78, 5) is 2.51. The number of likely N-dealkylation sites (tertiary alicyclic amines) is 1. The highest BCUT2D eigenvalue weighted by molar-refractivity contribution is 5.25. The molecule has 0 bridgehead atoms. The van der Waals surface area contributed by atoms with Crippen LogP contribution in [0.25, 0.3) is 0 Å². The number of aliphatic hydroxyl groups is 1. The highest BCUT2D eigenvalue weighted by Gasteiger charge is 2.39. The van der Waals surface area contributed by atoms with Gasteiger partial charge in [0.15, 0.2) is 0 Å². The summed E-state index contributed by atoms with van der Waals surface area (Å²) < 4.78 is 0. The molecule has 2 fully saturated rings. The Bertz CT molecular complexity index is 429. The Labute approximate surface area is 122 Å². The fourth-order valence-electron chi connectivity index (χ4n) is 4.03. The van der Waals surface area contributed by atoms with Crippen LogP contribution in [0, 0.1) is 11.8 Å². The number of benzene rings is 1. The third kappa shape index (κ3) is 2.64. The average molecular weight is 273 g/mol. The molecule has 1 heterocycles. The maximum absolute atomic E-state index is 10.6. The van der Waals surface area contributed by atoms with Gasteiger partial charge in [-0.25, -0.2) is 0 Å². The lowest BCUT2D eigenvalue weighted by Gasteiger charge is -2.29. The van der Waals surface area contributed by atoms with Crippen molar-refractivity contribution in [2.24, 2.45) is 11.8 Å². The van der Waals surface area contributed by atoms with E-state index in [0.29, 0.717) is 0 Å². The summed E-state index contributed by atoms with van der Waals surface area (Å²) in [7, 11) is 0. The normalized spacial score (nSPS) is 29.4. The zero-order chi connectivity index (χ0) is 14.1. The Kier molecular flexibility index (Phi) is 4.13. The Morgan fingerprint density at radius 2 is 1.75 bits per heavy atom. The van der Waals surface area contributed by atoms with E-state index in [1.165, 1.54) is 37.9 Å². The molecule has 0 aromatic heterocycles. The molecule has 110 valence electrons. The van der Waals surface area contributed by atoms with Gasteiger partial charge in [-0.15, -0.1) is 0 Å². The van der Waals surface area contributed by atoms with Crippen molar-refractivity contribution in [1.82, 2.24) is 4.90 Å². The van der Waals surface area contributed by atoms with E-state index in [9.17, 15) is 5.11 Å². The Morgan fingerprint density at radius 1 is 1.15 bits per heavy atom. The number of rotatable bonds is 4. The Balaban J connectivity index is 1.65. The van der Waals surface area contributed by atoms with Gasteiger partial charge in [0.2, 0.25) is 0 Å². The summed E-state index contributed by atoms with van der Waals surface area (Å²) in [5.41, 5.74) is 2.40. The minimum Gasteiger partial charge on any atom is -0.387 e. The number of fused-ring (bicyclic) bond motifs is 1. The fraction of sp³-hybridized carbons (Fsp3) is 0.667. The van der Waals surface area contributed by atoms with Crippen LogP contribution in [0.2, 0.25) is 0 Å². The lowest BCUT2D eigenvalue weighted by Crippen LogP contribution is -2.36. The lowest BCUT2D eigenvalue weighted by atomic mass is 10.0. The van der Waals surface area contributed by atoms with E-state index in [2.05, 4.69) is 43.0 Å². The van der Waals surface area contributed by atoms with Crippen LogP contribution in [0.5, 0.6) is 0 Å². The second-order valence-electron chi connectivity index (χ2n) is 6.69. The van der Waals surface area contributed by atoms with Crippen molar-refractivity contribution in [3.05, 3.63) is 35.4 Å². The topological polar surface area (TPSA) is 23.5 Å². The van der Waals surface area contributed by atoms with Gasteiger partial charge in [0.05, 0.1) is 6.10 Å². The molecule has 2 aliphatic rings. The first kappa shape index (κ1) is 14.1. The largest absolute Gasteiger partial charge is 0.387 e. The Morgan fingerprint density at radius 3 is 2.30 bits per heavy atom. The molecular weight excluding hydrogens is 246 g/mol. The SMILES string of the molecule is CCc1ccc(C(O)C(C)N2CC3CCCC3C2)cc1. The first-order valence-corrected chi connectivity index (χ1v) is 8.20. The van der Waals surface area contributed by atoms with Crippen LogP contribution in [0.1, 0.15) is 50.3 Å². The van der Waals surface area contributed by atoms with Gasteiger partial charge in [-0.05, 0) is 49.1 Å². The lowest BCUT2D eigenvalue weighted by molar-refractivity contribution is 0.0670. The van der Waals surface area contributed by atoms with E-state index >= 15 is 0 Å². The summed E-state index contributed by atoms with van der Waals surface area (Å²) >= 11 is 0. The van der Waals surface area contributed by atoms with E-state index in [1.807, 2.05) is 0 Å². The van der Waals surface area contributed by atoms with Crippen molar-refractivity contribution in [3.8, 4) is 0 Å². The van der Waals surface area contributed by atoms with Crippen molar-refractivity contribution in [1.29, 1.82) is 0 Å². The molecule has 3 rings (SSSR count). The zero-order valence-corrected chi connectivity index (χ0v) is 12.8. The summed E-state index contributed by atoms with van der Waals surface area (Å²) in [6.45, 7) is 6.72. The number of aryl methyl sites for hydroxylation is 1. The maximum Gasteiger partial charge on any atom is 0.0942 e. The van der Waals surface area contributed by atoms with Gasteiger partial charge >= 0.3 is 0 Å². The van der Waals surface area contributed by atoms with E-state index in [1.54, 1.807) is 0 Å². The first-order chi connectivity index (χ1) is 9.69. The molecule has 1 aromatic rings. The van der Waals surface area contributed by atoms with Crippen molar-refractivity contribution >= 4 is 0 Å². The molecule has 1 aromatic carbocycles. The number of nitrogens with zero attached hydrogens (tertiary/aromatic N) is 1. The molecule has 2 heteroatoms. The van der Waals surface area contributed by atoms with Crippen molar-refractivity contribution in [2.75, 3.05) is 13.1 Å². The van der Waals surface area contributed by atoms with Gasteiger partial charge in [-0.1, -0.05) is 37.6 Å². The van der Waals surface area contributed by atoms with Gasteiger partial charge in [0, 0.05) is 19.1 Å². The average Bonchev–Trinajstić information content (AvgIpc) is 3.07. The highest BCUT2D eigenvalue weighted by Crippen LogP contribution is 2.39. The molecule has 1 aliphatic heterocycles. The predicted molar refractivity (Wildman–Crippen MR) is 82.6 cm³/mol. The van der Waals surface area contributed by atoms with Gasteiger partial charge in [0.1, 0.15) is 0 Å². The molecule has 1 saturated heterocycles. The van der Waals surface area contributed by atoms with E-state index < -0.39 is 0 Å². The zero-order valence-electron chi connectivity index (χ0n) is 12.8. The first-order valence-electron chi connectivity index (χ1n) is 8.20. The van der Waals surface area contributed by atoms with Gasteiger partial charge in [0.25, 0.3) is 0 Å². The van der Waals surface area contributed by atoms with Crippen LogP contribution in [0.3, 0.4) is 0 Å². The number of hydrogen-bond donors (Lipinski definition) is 1. The monoisotopic (exact) mass is 273 g/mol. The third-order valence-electron chi connectivity index (χ3n) is 5.52. The summed E-state index contributed by atoms with van der Waals surface area (Å²) in [5, 5.41) is 10.6. The molecule has 2 nitrogen and oxygen atoms in total. The molecule has 0 amide bonds. The molecule has 20 heavy (non-hydrogen) atoms. The van der Waals surface area contributed by atoms with Gasteiger partial charge in [-0.3, -0.25) is 4.90 Å². The molecule has 4 unspecified atom stereocenters. The predicted octanol–water partition coefficient (Wildman–Crippen LogP) is 3.40. The molecule has 4 atom stereocenters.